The van der Waals surface area contributed by atoms with Crippen molar-refractivity contribution in [3.8, 4) is 0 Å². The molecule has 3 rings (SSSR count). The van der Waals surface area contributed by atoms with Gasteiger partial charge in [-0.2, -0.15) is 5.10 Å². The van der Waals surface area contributed by atoms with Crippen molar-refractivity contribution < 1.29 is 14.3 Å². The normalized spacial score (nSPS) is 21.5. The zero-order valence-corrected chi connectivity index (χ0v) is 18.3. The number of hydrogen-bond donors (Lipinski definition) is 2. The summed E-state index contributed by atoms with van der Waals surface area (Å²) in [5.41, 5.74) is 1.75. The van der Waals surface area contributed by atoms with Crippen LogP contribution in [0.1, 0.15) is 56.9 Å². The minimum absolute atomic E-state index is 0.0148. The Bertz CT molecular complexity index is 891. The summed E-state index contributed by atoms with van der Waals surface area (Å²) in [7, 11) is 0. The zero-order valence-electron chi connectivity index (χ0n) is 18.3. The Balaban J connectivity index is 1.64. The van der Waals surface area contributed by atoms with Gasteiger partial charge in [0.05, 0.1) is 12.2 Å². The first-order chi connectivity index (χ1) is 14.2. The molecule has 1 saturated heterocycles. The van der Waals surface area contributed by atoms with Gasteiger partial charge in [0, 0.05) is 18.7 Å². The fourth-order valence-corrected chi connectivity index (χ4v) is 3.84. The summed E-state index contributed by atoms with van der Waals surface area (Å²) in [6.45, 7) is 9.56. The molecule has 3 atom stereocenters. The van der Waals surface area contributed by atoms with Crippen molar-refractivity contribution in [2.75, 3.05) is 5.32 Å². The molecule has 1 fully saturated rings. The third kappa shape index (κ3) is 5.66. The maximum Gasteiger partial charge on any atom is 0.246 e. The van der Waals surface area contributed by atoms with Gasteiger partial charge in [0.2, 0.25) is 11.8 Å². The first-order valence-corrected chi connectivity index (χ1v) is 10.4. The third-order valence-corrected chi connectivity index (χ3v) is 5.33. The van der Waals surface area contributed by atoms with Gasteiger partial charge in [-0.25, -0.2) is 9.67 Å². The van der Waals surface area contributed by atoms with E-state index >= 15 is 0 Å². The molecule has 30 heavy (non-hydrogen) atoms. The van der Waals surface area contributed by atoms with Crippen LogP contribution in [0.5, 0.6) is 0 Å². The van der Waals surface area contributed by atoms with Gasteiger partial charge in [0.15, 0.2) is 0 Å². The van der Waals surface area contributed by atoms with Crippen LogP contribution in [-0.2, 0) is 20.9 Å². The van der Waals surface area contributed by atoms with Crippen LogP contribution in [0.4, 0.5) is 5.69 Å². The minimum Gasteiger partial charge on any atom is -0.370 e. The predicted molar refractivity (Wildman–Crippen MR) is 114 cm³/mol. The van der Waals surface area contributed by atoms with Gasteiger partial charge in [0.25, 0.3) is 0 Å². The summed E-state index contributed by atoms with van der Waals surface area (Å²) in [5, 5.41) is 10.2. The van der Waals surface area contributed by atoms with E-state index in [2.05, 4.69) is 34.6 Å². The molecule has 2 amide bonds. The molecule has 8 nitrogen and oxygen atoms in total. The molecule has 8 heteroatoms. The van der Waals surface area contributed by atoms with Crippen LogP contribution in [0.25, 0.3) is 0 Å². The second-order valence-electron chi connectivity index (χ2n) is 8.31. The molecule has 0 saturated carbocycles. The number of aromatic nitrogens is 3. The van der Waals surface area contributed by atoms with Crippen molar-refractivity contribution in [3.63, 3.8) is 0 Å². The van der Waals surface area contributed by atoms with Crippen molar-refractivity contribution in [2.24, 2.45) is 5.92 Å². The number of rotatable bonds is 6. The van der Waals surface area contributed by atoms with E-state index in [-0.39, 0.29) is 36.6 Å². The highest BCUT2D eigenvalue weighted by molar-refractivity contribution is 5.90. The lowest BCUT2D eigenvalue weighted by Crippen LogP contribution is -2.43. The van der Waals surface area contributed by atoms with Crippen LogP contribution in [-0.4, -0.2) is 38.7 Å². The number of hydrogen-bond acceptors (Lipinski definition) is 5. The molecule has 0 radical (unpaired) electrons. The summed E-state index contributed by atoms with van der Waals surface area (Å²) < 4.78 is 7.89. The molecular formula is C22H31N5O3. The molecule has 1 aliphatic heterocycles. The number of ether oxygens (including phenoxy) is 1. The Hall–Kier alpha value is -2.74. The number of carbonyl (C=O) groups is 2. The number of nitrogens with zero attached hydrogens (tertiary/aromatic N) is 3. The first kappa shape index (κ1) is 22.0. The number of amides is 2. The van der Waals surface area contributed by atoms with Crippen molar-refractivity contribution in [2.45, 2.75) is 72.3 Å². The van der Waals surface area contributed by atoms with E-state index in [0.29, 0.717) is 23.3 Å². The van der Waals surface area contributed by atoms with E-state index in [1.165, 1.54) is 0 Å². The van der Waals surface area contributed by atoms with Gasteiger partial charge in [-0.3, -0.25) is 9.59 Å². The van der Waals surface area contributed by atoms with Crippen molar-refractivity contribution in [1.29, 1.82) is 0 Å². The van der Waals surface area contributed by atoms with Crippen LogP contribution in [0.2, 0.25) is 0 Å². The topological polar surface area (TPSA) is 98.1 Å². The lowest BCUT2D eigenvalue weighted by Gasteiger charge is -2.37. The Labute approximate surface area is 177 Å². The molecule has 1 aromatic carbocycles. The number of benzene rings is 1. The summed E-state index contributed by atoms with van der Waals surface area (Å²) >= 11 is 0. The van der Waals surface area contributed by atoms with Crippen LogP contribution < -0.4 is 10.6 Å². The van der Waals surface area contributed by atoms with E-state index < -0.39 is 0 Å². The lowest BCUT2D eigenvalue weighted by molar-refractivity contribution is -0.123. The number of aryl methyl sites for hydroxylation is 2. The van der Waals surface area contributed by atoms with Crippen LogP contribution in [0.15, 0.2) is 24.3 Å². The molecule has 1 aromatic heterocycles. The van der Waals surface area contributed by atoms with Crippen molar-refractivity contribution in [3.05, 3.63) is 41.5 Å². The van der Waals surface area contributed by atoms with Gasteiger partial charge in [-0.05, 0) is 50.3 Å². The second-order valence-corrected chi connectivity index (χ2v) is 8.31. The first-order valence-electron chi connectivity index (χ1n) is 10.4. The lowest BCUT2D eigenvalue weighted by atomic mass is 9.90. The van der Waals surface area contributed by atoms with Crippen LogP contribution in [0, 0.1) is 19.8 Å². The van der Waals surface area contributed by atoms with Crippen LogP contribution in [0.3, 0.4) is 0 Å². The van der Waals surface area contributed by atoms with Crippen molar-refractivity contribution >= 4 is 17.5 Å². The molecule has 0 unspecified atom stereocenters. The van der Waals surface area contributed by atoms with E-state index in [0.717, 1.165) is 18.4 Å². The number of carbonyl (C=O) groups excluding carboxylic acids is 2. The van der Waals surface area contributed by atoms with Crippen molar-refractivity contribution in [1.82, 2.24) is 20.1 Å². The van der Waals surface area contributed by atoms with Gasteiger partial charge < -0.3 is 15.4 Å². The largest absolute Gasteiger partial charge is 0.370 e. The second kappa shape index (κ2) is 9.38. The number of anilines is 1. The summed E-state index contributed by atoms with van der Waals surface area (Å²) in [4.78, 5) is 28.1. The maximum absolute atomic E-state index is 12.3. The third-order valence-electron chi connectivity index (χ3n) is 5.33. The highest BCUT2D eigenvalue weighted by Crippen LogP contribution is 2.34. The Morgan fingerprint density at radius 1 is 1.20 bits per heavy atom. The van der Waals surface area contributed by atoms with Gasteiger partial charge >= 0.3 is 0 Å². The van der Waals surface area contributed by atoms with E-state index in [9.17, 15) is 9.59 Å². The molecule has 162 valence electrons. The Morgan fingerprint density at radius 2 is 1.90 bits per heavy atom. The molecule has 1 aliphatic rings. The monoisotopic (exact) mass is 413 g/mol. The maximum atomic E-state index is 12.3. The fourth-order valence-electron chi connectivity index (χ4n) is 3.84. The molecule has 2 heterocycles. The molecular weight excluding hydrogens is 382 g/mol. The minimum atomic E-state index is -0.157. The van der Waals surface area contributed by atoms with Gasteiger partial charge in [-0.1, -0.05) is 26.0 Å². The van der Waals surface area contributed by atoms with Gasteiger partial charge in [0.1, 0.15) is 18.2 Å². The molecule has 0 spiro atoms. The highest BCUT2D eigenvalue weighted by Gasteiger charge is 2.32. The predicted octanol–water partition coefficient (Wildman–Crippen LogP) is 2.91. The summed E-state index contributed by atoms with van der Waals surface area (Å²) in [6, 6.07) is 7.80. The number of nitrogens with one attached hydrogen (secondary N) is 2. The summed E-state index contributed by atoms with van der Waals surface area (Å²) in [6.07, 6.45) is 1.56. The fraction of sp³-hybridized carbons (Fsp3) is 0.545. The standard InChI is InChI=1S/C22H31N5O3/c1-13(2)20-10-19(24-16(5)28)11-21(30-20)17-6-8-18(9-7-17)25-22(29)12-27-15(4)23-14(3)26-27/h6-9,13,19-21H,10-12H2,1-5H3,(H,24,28)(H,25,29)/t19-,20-,21+/m1/s1. The summed E-state index contributed by atoms with van der Waals surface area (Å²) in [5.74, 6) is 1.55. The molecule has 0 bridgehead atoms. The SMILES string of the molecule is CC(=O)N[C@H]1C[C@@H](c2ccc(NC(=O)Cn3nc(C)nc3C)cc2)O[C@@H](C(C)C)C1. The molecule has 2 aromatic rings. The molecule has 0 aliphatic carbocycles. The molecule has 2 N–H and O–H groups in total. The van der Waals surface area contributed by atoms with E-state index in [1.807, 2.05) is 31.2 Å². The quantitative estimate of drug-likeness (QED) is 0.759. The zero-order chi connectivity index (χ0) is 21.8. The van der Waals surface area contributed by atoms with Crippen LogP contribution >= 0.6 is 0 Å². The van der Waals surface area contributed by atoms with Gasteiger partial charge in [-0.15, -0.1) is 0 Å². The highest BCUT2D eigenvalue weighted by atomic mass is 16.5. The average Bonchev–Trinajstić information content (AvgIpc) is 2.98. The smallest absolute Gasteiger partial charge is 0.246 e. The van der Waals surface area contributed by atoms with E-state index in [1.54, 1.807) is 18.5 Å². The Kier molecular flexibility index (Phi) is 6.87. The Morgan fingerprint density at radius 3 is 2.47 bits per heavy atom. The van der Waals surface area contributed by atoms with E-state index in [4.69, 9.17) is 4.74 Å². The average molecular weight is 414 g/mol.